The summed E-state index contributed by atoms with van der Waals surface area (Å²) in [5, 5.41) is 0. The minimum atomic E-state index is -4.33. The first-order chi connectivity index (χ1) is 7.97. The van der Waals surface area contributed by atoms with Crippen LogP contribution < -0.4 is 10.6 Å². The molecule has 1 aliphatic heterocycles. The fraction of sp³-hybridized carbons (Fsp3) is 0.545. The standard InChI is InChI=1S/C11H14F3N3/c12-11(13,14)8-3-4-10(16-6-8)17-5-1-2-9(15)7-17/h3-4,6,9H,1-2,5,7,15H2/t9-/m1/s1. The first-order valence-corrected chi connectivity index (χ1v) is 5.50. The maximum Gasteiger partial charge on any atom is 0.417 e. The third-order valence-electron chi connectivity index (χ3n) is 2.86. The molecule has 2 rings (SSSR count). The van der Waals surface area contributed by atoms with Gasteiger partial charge in [0.05, 0.1) is 5.56 Å². The zero-order chi connectivity index (χ0) is 12.5. The van der Waals surface area contributed by atoms with Gasteiger partial charge in [-0.1, -0.05) is 0 Å². The summed E-state index contributed by atoms with van der Waals surface area (Å²) >= 11 is 0. The first kappa shape index (κ1) is 12.2. The molecule has 1 atom stereocenters. The summed E-state index contributed by atoms with van der Waals surface area (Å²) in [6, 6.07) is 2.54. The molecule has 2 N–H and O–H groups in total. The second-order valence-electron chi connectivity index (χ2n) is 4.25. The zero-order valence-corrected chi connectivity index (χ0v) is 9.24. The molecule has 1 aromatic rings. The number of nitrogens with zero attached hydrogens (tertiary/aromatic N) is 2. The summed E-state index contributed by atoms with van der Waals surface area (Å²) in [5.41, 5.74) is 5.09. The molecule has 2 heterocycles. The van der Waals surface area contributed by atoms with Crippen LogP contribution in [0.1, 0.15) is 18.4 Å². The molecule has 0 aliphatic carbocycles. The van der Waals surface area contributed by atoms with Gasteiger partial charge in [0.2, 0.25) is 0 Å². The van der Waals surface area contributed by atoms with Gasteiger partial charge >= 0.3 is 6.18 Å². The van der Waals surface area contributed by atoms with Crippen LogP contribution in [0.25, 0.3) is 0 Å². The number of alkyl halides is 3. The van der Waals surface area contributed by atoms with Crippen LogP contribution >= 0.6 is 0 Å². The number of halogens is 3. The molecule has 0 spiro atoms. The fourth-order valence-electron chi connectivity index (χ4n) is 1.96. The van der Waals surface area contributed by atoms with Crippen molar-refractivity contribution in [3.63, 3.8) is 0 Å². The highest BCUT2D eigenvalue weighted by molar-refractivity contribution is 5.40. The van der Waals surface area contributed by atoms with E-state index in [1.54, 1.807) is 0 Å². The number of anilines is 1. The summed E-state index contributed by atoms with van der Waals surface area (Å²) in [4.78, 5) is 5.78. The maximum atomic E-state index is 12.4. The Bertz CT molecular complexity index is 375. The molecule has 0 radical (unpaired) electrons. The van der Waals surface area contributed by atoms with Gasteiger partial charge in [0.1, 0.15) is 5.82 Å². The van der Waals surface area contributed by atoms with Gasteiger partial charge in [0, 0.05) is 25.3 Å². The van der Waals surface area contributed by atoms with E-state index < -0.39 is 11.7 Å². The molecule has 0 saturated carbocycles. The van der Waals surface area contributed by atoms with Gasteiger partial charge in [0.15, 0.2) is 0 Å². The second-order valence-corrected chi connectivity index (χ2v) is 4.25. The third-order valence-corrected chi connectivity index (χ3v) is 2.86. The predicted molar refractivity (Wildman–Crippen MR) is 58.7 cm³/mol. The normalized spacial score (nSPS) is 21.6. The van der Waals surface area contributed by atoms with Crippen LogP contribution in [-0.4, -0.2) is 24.1 Å². The van der Waals surface area contributed by atoms with Crippen molar-refractivity contribution in [2.24, 2.45) is 5.73 Å². The lowest BCUT2D eigenvalue weighted by molar-refractivity contribution is -0.137. The Morgan fingerprint density at radius 2 is 2.12 bits per heavy atom. The molecule has 0 unspecified atom stereocenters. The van der Waals surface area contributed by atoms with Crippen LogP contribution in [0.3, 0.4) is 0 Å². The van der Waals surface area contributed by atoms with Gasteiger partial charge in [-0.2, -0.15) is 13.2 Å². The molecule has 6 heteroatoms. The van der Waals surface area contributed by atoms with Gasteiger partial charge in [-0.05, 0) is 25.0 Å². The van der Waals surface area contributed by atoms with Crippen molar-refractivity contribution < 1.29 is 13.2 Å². The summed E-state index contributed by atoms with van der Waals surface area (Å²) in [5.74, 6) is 0.563. The van der Waals surface area contributed by atoms with Crippen molar-refractivity contribution in [3.8, 4) is 0 Å². The van der Waals surface area contributed by atoms with Gasteiger partial charge in [0.25, 0.3) is 0 Å². The molecule has 94 valence electrons. The number of piperidine rings is 1. The summed E-state index contributed by atoms with van der Waals surface area (Å²) < 4.78 is 37.1. The monoisotopic (exact) mass is 245 g/mol. The van der Waals surface area contributed by atoms with Gasteiger partial charge < -0.3 is 10.6 Å². The Morgan fingerprint density at radius 1 is 1.35 bits per heavy atom. The Labute approximate surface area is 97.4 Å². The molecular formula is C11H14F3N3. The molecule has 0 amide bonds. The predicted octanol–water partition coefficient (Wildman–Crippen LogP) is 2.03. The Balaban J connectivity index is 2.12. The second kappa shape index (κ2) is 4.52. The van der Waals surface area contributed by atoms with E-state index in [0.717, 1.165) is 31.6 Å². The Hall–Kier alpha value is -1.30. The van der Waals surface area contributed by atoms with Crippen molar-refractivity contribution in [2.45, 2.75) is 25.1 Å². The first-order valence-electron chi connectivity index (χ1n) is 5.50. The van der Waals surface area contributed by atoms with Crippen LogP contribution in [0.2, 0.25) is 0 Å². The minimum Gasteiger partial charge on any atom is -0.355 e. The minimum absolute atomic E-state index is 0.0767. The molecule has 1 saturated heterocycles. The van der Waals surface area contributed by atoms with E-state index in [-0.39, 0.29) is 6.04 Å². The van der Waals surface area contributed by atoms with E-state index in [0.29, 0.717) is 12.4 Å². The van der Waals surface area contributed by atoms with E-state index in [1.807, 2.05) is 4.90 Å². The molecular weight excluding hydrogens is 231 g/mol. The van der Waals surface area contributed by atoms with E-state index in [1.165, 1.54) is 6.07 Å². The van der Waals surface area contributed by atoms with Gasteiger partial charge in [-0.3, -0.25) is 0 Å². The molecule has 0 aromatic carbocycles. The van der Waals surface area contributed by atoms with E-state index in [4.69, 9.17) is 5.73 Å². The van der Waals surface area contributed by atoms with Crippen LogP contribution in [-0.2, 0) is 6.18 Å². The smallest absolute Gasteiger partial charge is 0.355 e. The fourth-order valence-corrected chi connectivity index (χ4v) is 1.96. The third kappa shape index (κ3) is 2.88. The molecule has 3 nitrogen and oxygen atoms in total. The van der Waals surface area contributed by atoms with Crippen molar-refractivity contribution >= 4 is 5.82 Å². The number of rotatable bonds is 1. The zero-order valence-electron chi connectivity index (χ0n) is 9.24. The van der Waals surface area contributed by atoms with Gasteiger partial charge in [-0.25, -0.2) is 4.98 Å². The quantitative estimate of drug-likeness (QED) is 0.823. The lowest BCUT2D eigenvalue weighted by atomic mass is 10.1. The Morgan fingerprint density at radius 3 is 2.65 bits per heavy atom. The van der Waals surface area contributed by atoms with E-state index in [9.17, 15) is 13.2 Å². The molecule has 1 aliphatic rings. The largest absolute Gasteiger partial charge is 0.417 e. The summed E-state index contributed by atoms with van der Waals surface area (Å²) in [6.07, 6.45) is -1.56. The average Bonchev–Trinajstić information content (AvgIpc) is 2.28. The van der Waals surface area contributed by atoms with Crippen molar-refractivity contribution in [3.05, 3.63) is 23.9 Å². The Kier molecular flexibility index (Phi) is 3.24. The highest BCUT2D eigenvalue weighted by atomic mass is 19.4. The topological polar surface area (TPSA) is 42.1 Å². The van der Waals surface area contributed by atoms with E-state index in [2.05, 4.69) is 4.98 Å². The molecule has 17 heavy (non-hydrogen) atoms. The highest BCUT2D eigenvalue weighted by Crippen LogP contribution is 2.29. The average molecular weight is 245 g/mol. The lowest BCUT2D eigenvalue weighted by Crippen LogP contribution is -2.43. The molecule has 0 bridgehead atoms. The van der Waals surface area contributed by atoms with Crippen LogP contribution in [0, 0.1) is 0 Å². The van der Waals surface area contributed by atoms with Crippen molar-refractivity contribution in [2.75, 3.05) is 18.0 Å². The summed E-state index contributed by atoms with van der Waals surface area (Å²) in [6.45, 7) is 1.45. The number of aromatic nitrogens is 1. The summed E-state index contributed by atoms with van der Waals surface area (Å²) in [7, 11) is 0. The highest BCUT2D eigenvalue weighted by Gasteiger charge is 2.31. The van der Waals surface area contributed by atoms with Gasteiger partial charge in [-0.15, -0.1) is 0 Å². The number of pyridine rings is 1. The number of hydrogen-bond acceptors (Lipinski definition) is 3. The van der Waals surface area contributed by atoms with Crippen molar-refractivity contribution in [1.29, 1.82) is 0 Å². The maximum absolute atomic E-state index is 12.4. The molecule has 1 aromatic heterocycles. The van der Waals surface area contributed by atoms with Crippen LogP contribution in [0.4, 0.5) is 19.0 Å². The van der Waals surface area contributed by atoms with E-state index >= 15 is 0 Å². The molecule has 1 fully saturated rings. The lowest BCUT2D eigenvalue weighted by Gasteiger charge is -2.31. The number of nitrogens with two attached hydrogens (primary N) is 1. The van der Waals surface area contributed by atoms with Crippen LogP contribution in [0.5, 0.6) is 0 Å². The number of hydrogen-bond donors (Lipinski definition) is 1. The van der Waals surface area contributed by atoms with Crippen LogP contribution in [0.15, 0.2) is 18.3 Å². The SMILES string of the molecule is N[C@@H]1CCCN(c2ccc(C(F)(F)F)cn2)C1. The van der Waals surface area contributed by atoms with Crippen molar-refractivity contribution in [1.82, 2.24) is 4.98 Å².